The van der Waals surface area contributed by atoms with E-state index in [2.05, 4.69) is 4.72 Å². The molecule has 1 atom stereocenters. The zero-order valence-electron chi connectivity index (χ0n) is 9.63. The fourth-order valence-corrected chi connectivity index (χ4v) is 4.81. The van der Waals surface area contributed by atoms with Crippen molar-refractivity contribution < 1.29 is 8.42 Å². The van der Waals surface area contributed by atoms with Crippen molar-refractivity contribution in [3.63, 3.8) is 0 Å². The Morgan fingerprint density at radius 2 is 2.17 bits per heavy atom. The van der Waals surface area contributed by atoms with Crippen LogP contribution in [0, 0.1) is 0 Å². The second-order valence-corrected chi connectivity index (χ2v) is 7.31. The van der Waals surface area contributed by atoms with Crippen LogP contribution in [-0.4, -0.2) is 31.0 Å². The van der Waals surface area contributed by atoms with Crippen LogP contribution in [0.3, 0.4) is 0 Å². The van der Waals surface area contributed by atoms with Crippen LogP contribution in [0.25, 0.3) is 0 Å². The Morgan fingerprint density at radius 3 is 2.78 bits per heavy atom. The Kier molecular flexibility index (Phi) is 4.26. The van der Waals surface area contributed by atoms with Gasteiger partial charge in [-0.25, -0.2) is 13.1 Å². The highest BCUT2D eigenvalue weighted by molar-refractivity contribution is 7.99. The minimum absolute atomic E-state index is 0.000554. The van der Waals surface area contributed by atoms with E-state index >= 15 is 0 Å². The second-order valence-electron chi connectivity index (χ2n) is 4.04. The molecule has 1 aliphatic heterocycles. The number of benzene rings is 1. The number of nitrogens with two attached hydrogens (primary N) is 1. The molecule has 98 valence electrons. The van der Waals surface area contributed by atoms with Crippen LogP contribution in [0.4, 0.5) is 0 Å². The second kappa shape index (κ2) is 5.56. The van der Waals surface area contributed by atoms with Gasteiger partial charge in [-0.3, -0.25) is 0 Å². The molecule has 0 spiro atoms. The summed E-state index contributed by atoms with van der Waals surface area (Å²) >= 11 is 6.63. The molecule has 0 aromatic heterocycles. The van der Waals surface area contributed by atoms with Crippen LogP contribution >= 0.6 is 24.0 Å². The monoisotopic (exact) mass is 302 g/mol. The Hall–Kier alpha value is -0.630. The molecule has 18 heavy (non-hydrogen) atoms. The highest BCUT2D eigenvalue weighted by atomic mass is 32.2. The van der Waals surface area contributed by atoms with Gasteiger partial charge in [0.2, 0.25) is 10.0 Å². The zero-order valence-corrected chi connectivity index (χ0v) is 12.1. The topological polar surface area (TPSA) is 72.2 Å². The summed E-state index contributed by atoms with van der Waals surface area (Å²) in [4.78, 5) is 0.256. The van der Waals surface area contributed by atoms with Crippen LogP contribution in [0.1, 0.15) is 12.0 Å². The summed E-state index contributed by atoms with van der Waals surface area (Å²) in [5.41, 5.74) is 5.95. The molecule has 2 rings (SSSR count). The Morgan fingerprint density at radius 1 is 1.44 bits per heavy atom. The lowest BCUT2D eigenvalue weighted by Gasteiger charge is -2.14. The lowest BCUT2D eigenvalue weighted by Crippen LogP contribution is -2.35. The van der Waals surface area contributed by atoms with Crippen LogP contribution < -0.4 is 10.5 Å². The van der Waals surface area contributed by atoms with Crippen molar-refractivity contribution in [2.45, 2.75) is 17.4 Å². The number of thioether (sulfide) groups is 1. The molecule has 1 aliphatic rings. The van der Waals surface area contributed by atoms with E-state index in [4.69, 9.17) is 18.0 Å². The van der Waals surface area contributed by atoms with Crippen LogP contribution in [0.15, 0.2) is 29.2 Å². The molecule has 7 heteroatoms. The third-order valence-corrected chi connectivity index (χ3v) is 5.65. The quantitative estimate of drug-likeness (QED) is 0.815. The summed E-state index contributed by atoms with van der Waals surface area (Å²) < 4.78 is 27.3. The van der Waals surface area contributed by atoms with Gasteiger partial charge in [0.05, 0.1) is 4.90 Å². The Balaban J connectivity index is 2.31. The van der Waals surface area contributed by atoms with Gasteiger partial charge in [0.25, 0.3) is 0 Å². The number of hydrogen-bond donors (Lipinski definition) is 2. The van der Waals surface area contributed by atoms with Crippen molar-refractivity contribution >= 4 is 39.0 Å². The van der Waals surface area contributed by atoms with E-state index in [0.717, 1.165) is 17.9 Å². The molecular weight excluding hydrogens is 288 g/mol. The van der Waals surface area contributed by atoms with E-state index in [1.54, 1.807) is 30.0 Å². The van der Waals surface area contributed by atoms with Gasteiger partial charge >= 0.3 is 0 Å². The SMILES string of the molecule is NC(=S)c1ccccc1S(=O)(=O)NC1CCSC1. The van der Waals surface area contributed by atoms with Crippen LogP contribution in [-0.2, 0) is 10.0 Å². The smallest absolute Gasteiger partial charge is 0.241 e. The molecule has 0 saturated carbocycles. The summed E-state index contributed by atoms with van der Waals surface area (Å²) in [5, 5.41) is 0. The number of rotatable bonds is 4. The van der Waals surface area contributed by atoms with Gasteiger partial charge in [-0.15, -0.1) is 0 Å². The summed E-state index contributed by atoms with van der Waals surface area (Å²) in [6, 6.07) is 6.54. The average molecular weight is 302 g/mol. The van der Waals surface area contributed by atoms with Gasteiger partial charge in [0.15, 0.2) is 0 Å². The largest absolute Gasteiger partial charge is 0.389 e. The first-order valence-electron chi connectivity index (χ1n) is 5.49. The van der Waals surface area contributed by atoms with E-state index in [0.29, 0.717) is 5.56 Å². The predicted molar refractivity (Wildman–Crippen MR) is 78.4 cm³/mol. The van der Waals surface area contributed by atoms with Crippen molar-refractivity contribution in [3.05, 3.63) is 29.8 Å². The van der Waals surface area contributed by atoms with E-state index in [-0.39, 0.29) is 15.9 Å². The molecule has 4 nitrogen and oxygen atoms in total. The van der Waals surface area contributed by atoms with Gasteiger partial charge < -0.3 is 5.73 Å². The Labute approximate surface area is 116 Å². The number of hydrogen-bond acceptors (Lipinski definition) is 4. The van der Waals surface area contributed by atoms with Crippen LogP contribution in [0.5, 0.6) is 0 Å². The third kappa shape index (κ3) is 3.03. The number of sulfonamides is 1. The van der Waals surface area contributed by atoms with E-state index in [1.165, 1.54) is 6.07 Å². The standard InChI is InChI=1S/C11H14N2O2S3/c12-11(16)9-3-1-2-4-10(9)18(14,15)13-8-5-6-17-7-8/h1-4,8,13H,5-7H2,(H2,12,16). The molecule has 1 fully saturated rings. The van der Waals surface area contributed by atoms with Gasteiger partial charge in [0, 0.05) is 17.4 Å². The highest BCUT2D eigenvalue weighted by Crippen LogP contribution is 2.21. The summed E-state index contributed by atoms with van der Waals surface area (Å²) in [6.07, 6.45) is 0.860. The molecule has 1 aromatic rings. The summed E-state index contributed by atoms with van der Waals surface area (Å²) in [7, 11) is -3.55. The van der Waals surface area contributed by atoms with Crippen molar-refractivity contribution in [2.75, 3.05) is 11.5 Å². The fraction of sp³-hybridized carbons (Fsp3) is 0.364. The maximum Gasteiger partial charge on any atom is 0.241 e. The minimum atomic E-state index is -3.55. The van der Waals surface area contributed by atoms with Crippen molar-refractivity contribution in [2.24, 2.45) is 5.73 Å². The molecule has 1 aromatic carbocycles. The predicted octanol–water partition coefficient (Wildman–Crippen LogP) is 1.10. The van der Waals surface area contributed by atoms with Gasteiger partial charge in [-0.05, 0) is 18.2 Å². The molecule has 1 saturated heterocycles. The molecule has 1 unspecified atom stereocenters. The zero-order chi connectivity index (χ0) is 13.2. The average Bonchev–Trinajstić information content (AvgIpc) is 2.81. The highest BCUT2D eigenvalue weighted by Gasteiger charge is 2.25. The van der Waals surface area contributed by atoms with Crippen molar-refractivity contribution in [1.29, 1.82) is 0 Å². The maximum atomic E-state index is 12.3. The molecular formula is C11H14N2O2S3. The Bertz CT molecular complexity index is 551. The van der Waals surface area contributed by atoms with Crippen molar-refractivity contribution in [3.8, 4) is 0 Å². The fourth-order valence-electron chi connectivity index (χ4n) is 1.81. The first kappa shape index (κ1) is 13.8. The molecule has 0 amide bonds. The van der Waals surface area contributed by atoms with E-state index < -0.39 is 10.0 Å². The van der Waals surface area contributed by atoms with Gasteiger partial charge in [-0.1, -0.05) is 30.4 Å². The lowest BCUT2D eigenvalue weighted by molar-refractivity contribution is 0.563. The first-order chi connectivity index (χ1) is 8.50. The third-order valence-electron chi connectivity index (χ3n) is 2.69. The normalized spacial score (nSPS) is 19.9. The van der Waals surface area contributed by atoms with E-state index in [9.17, 15) is 8.42 Å². The van der Waals surface area contributed by atoms with E-state index in [1.807, 2.05) is 0 Å². The molecule has 0 bridgehead atoms. The molecule has 0 aliphatic carbocycles. The van der Waals surface area contributed by atoms with Gasteiger partial charge in [-0.2, -0.15) is 11.8 Å². The maximum absolute atomic E-state index is 12.3. The van der Waals surface area contributed by atoms with Crippen molar-refractivity contribution in [1.82, 2.24) is 4.72 Å². The number of thiocarbonyl (C=S) groups is 1. The molecule has 3 N–H and O–H groups in total. The molecule has 1 heterocycles. The summed E-state index contributed by atoms with van der Waals surface area (Å²) in [5.74, 6) is 1.80. The lowest BCUT2D eigenvalue weighted by atomic mass is 10.2. The first-order valence-corrected chi connectivity index (χ1v) is 8.54. The molecule has 0 radical (unpaired) electrons. The summed E-state index contributed by atoms with van der Waals surface area (Å²) in [6.45, 7) is 0. The minimum Gasteiger partial charge on any atom is -0.389 e. The van der Waals surface area contributed by atoms with Crippen LogP contribution in [0.2, 0.25) is 0 Å². The van der Waals surface area contributed by atoms with Gasteiger partial charge in [0.1, 0.15) is 4.99 Å². The number of nitrogens with one attached hydrogen (secondary N) is 1.